The van der Waals surface area contributed by atoms with Gasteiger partial charge in [-0.05, 0) is 30.0 Å². The minimum atomic E-state index is -3.49. The lowest BCUT2D eigenvalue weighted by Crippen LogP contribution is -2.35. The quantitative estimate of drug-likeness (QED) is 0.674. The van der Waals surface area contributed by atoms with Gasteiger partial charge >= 0.3 is 0 Å². The summed E-state index contributed by atoms with van der Waals surface area (Å²) in [6, 6.07) is 15.5. The highest BCUT2D eigenvalue weighted by Gasteiger charge is 2.16. The average Bonchev–Trinajstić information content (AvgIpc) is 3.15. The summed E-state index contributed by atoms with van der Waals surface area (Å²) in [5, 5.41) is 6.32. The number of rotatable bonds is 7. The number of nitrogens with one attached hydrogen (secondary N) is 1. The number of sulfonamides is 1. The van der Waals surface area contributed by atoms with Crippen LogP contribution in [0.1, 0.15) is 18.5 Å². The molecule has 0 bridgehead atoms. The van der Waals surface area contributed by atoms with Crippen molar-refractivity contribution in [1.29, 1.82) is 0 Å². The summed E-state index contributed by atoms with van der Waals surface area (Å²) in [6.07, 6.45) is 0. The van der Waals surface area contributed by atoms with E-state index in [4.69, 9.17) is 0 Å². The number of benzene rings is 1. The van der Waals surface area contributed by atoms with E-state index in [2.05, 4.69) is 9.82 Å². The highest BCUT2D eigenvalue weighted by atomic mass is 32.2. The normalized spacial score (nSPS) is 12.8. The van der Waals surface area contributed by atoms with Crippen molar-refractivity contribution in [3.8, 4) is 10.6 Å². The van der Waals surface area contributed by atoms with Crippen molar-refractivity contribution in [3.05, 3.63) is 75.9 Å². The second kappa shape index (κ2) is 7.94. The fourth-order valence-electron chi connectivity index (χ4n) is 2.48. The summed E-state index contributed by atoms with van der Waals surface area (Å²) in [5.41, 5.74) is 1.14. The third kappa shape index (κ3) is 4.66. The monoisotopic (exact) mass is 389 g/mol. The van der Waals surface area contributed by atoms with Crippen LogP contribution in [0.4, 0.5) is 0 Å². The zero-order valence-corrected chi connectivity index (χ0v) is 15.8. The van der Waals surface area contributed by atoms with Gasteiger partial charge in [-0.2, -0.15) is 5.10 Å². The highest BCUT2D eigenvalue weighted by molar-refractivity contribution is 7.88. The Balaban J connectivity index is 1.71. The van der Waals surface area contributed by atoms with Crippen LogP contribution in [-0.2, 0) is 15.8 Å². The van der Waals surface area contributed by atoms with E-state index in [1.165, 1.54) is 22.1 Å². The molecule has 0 spiro atoms. The minimum Gasteiger partial charge on any atom is -0.268 e. The minimum absolute atomic E-state index is 0.0932. The van der Waals surface area contributed by atoms with Crippen molar-refractivity contribution in [2.24, 2.45) is 0 Å². The Kier molecular flexibility index (Phi) is 5.65. The van der Waals surface area contributed by atoms with Gasteiger partial charge in [0, 0.05) is 12.6 Å². The molecule has 0 amide bonds. The van der Waals surface area contributed by atoms with Crippen molar-refractivity contribution in [2.75, 3.05) is 6.54 Å². The Labute approximate surface area is 156 Å². The Morgan fingerprint density at radius 3 is 2.58 bits per heavy atom. The smallest absolute Gasteiger partial charge is 0.267 e. The standard InChI is InChI=1S/C18H19N3O3S2/c1-14(12-19-26(23,24)13-15-6-3-2-4-7-15)21-18(22)10-9-16(20-21)17-8-5-11-25-17/h2-11,14,19H,12-13H2,1H3. The van der Waals surface area contributed by atoms with E-state index in [-0.39, 0.29) is 17.9 Å². The van der Waals surface area contributed by atoms with Gasteiger partial charge in [-0.15, -0.1) is 11.3 Å². The Hall–Kier alpha value is -2.29. The summed E-state index contributed by atoms with van der Waals surface area (Å²) in [5.74, 6) is -0.0991. The van der Waals surface area contributed by atoms with Gasteiger partial charge in [0.25, 0.3) is 5.56 Å². The van der Waals surface area contributed by atoms with E-state index < -0.39 is 16.1 Å². The predicted molar refractivity (Wildman–Crippen MR) is 104 cm³/mol. The molecule has 0 fully saturated rings. The van der Waals surface area contributed by atoms with Gasteiger partial charge in [-0.1, -0.05) is 36.4 Å². The molecule has 1 N–H and O–H groups in total. The number of hydrogen-bond donors (Lipinski definition) is 1. The molecule has 26 heavy (non-hydrogen) atoms. The van der Waals surface area contributed by atoms with E-state index >= 15 is 0 Å². The van der Waals surface area contributed by atoms with Crippen LogP contribution in [0.3, 0.4) is 0 Å². The molecule has 0 saturated carbocycles. The van der Waals surface area contributed by atoms with Crippen molar-refractivity contribution < 1.29 is 8.42 Å². The number of nitrogens with zero attached hydrogens (tertiary/aromatic N) is 2. The summed E-state index contributed by atoms with van der Waals surface area (Å²) in [6.45, 7) is 1.85. The lowest BCUT2D eigenvalue weighted by atomic mass is 10.2. The molecule has 0 aliphatic rings. The second-order valence-corrected chi connectivity index (χ2v) is 8.68. The third-order valence-corrected chi connectivity index (χ3v) is 6.03. The molecule has 6 nitrogen and oxygen atoms in total. The van der Waals surface area contributed by atoms with Crippen molar-refractivity contribution >= 4 is 21.4 Å². The maximum Gasteiger partial charge on any atom is 0.267 e. The lowest BCUT2D eigenvalue weighted by molar-refractivity contribution is 0.459. The first-order valence-corrected chi connectivity index (χ1v) is 10.6. The van der Waals surface area contributed by atoms with Crippen LogP contribution in [0.5, 0.6) is 0 Å². The molecule has 0 saturated heterocycles. The summed E-state index contributed by atoms with van der Waals surface area (Å²) >= 11 is 1.53. The van der Waals surface area contributed by atoms with Crippen LogP contribution in [0.15, 0.2) is 64.8 Å². The molecule has 136 valence electrons. The van der Waals surface area contributed by atoms with Gasteiger partial charge < -0.3 is 0 Å². The number of thiophene rings is 1. The second-order valence-electron chi connectivity index (χ2n) is 5.92. The fourth-order valence-corrected chi connectivity index (χ4v) is 4.39. The van der Waals surface area contributed by atoms with Crippen LogP contribution >= 0.6 is 11.3 Å². The number of aromatic nitrogens is 2. The number of hydrogen-bond acceptors (Lipinski definition) is 5. The van der Waals surface area contributed by atoms with E-state index in [0.29, 0.717) is 11.3 Å². The molecule has 0 aliphatic carbocycles. The topological polar surface area (TPSA) is 81.1 Å². The molecule has 8 heteroatoms. The molecule has 0 radical (unpaired) electrons. The van der Waals surface area contributed by atoms with E-state index in [1.807, 2.05) is 23.6 Å². The van der Waals surface area contributed by atoms with Crippen LogP contribution in [-0.4, -0.2) is 24.7 Å². The summed E-state index contributed by atoms with van der Waals surface area (Å²) < 4.78 is 28.4. The van der Waals surface area contributed by atoms with Crippen molar-refractivity contribution in [1.82, 2.24) is 14.5 Å². The first-order valence-electron chi connectivity index (χ1n) is 8.09. The van der Waals surface area contributed by atoms with Crippen molar-refractivity contribution in [2.45, 2.75) is 18.7 Å². The van der Waals surface area contributed by atoms with E-state index in [9.17, 15) is 13.2 Å². The van der Waals surface area contributed by atoms with Crippen LogP contribution in [0.2, 0.25) is 0 Å². The molecule has 2 aromatic heterocycles. The Bertz CT molecular complexity index is 1010. The summed E-state index contributed by atoms with van der Waals surface area (Å²) in [4.78, 5) is 13.1. The van der Waals surface area contributed by atoms with Gasteiger partial charge in [0.05, 0.1) is 16.7 Å². The predicted octanol–water partition coefficient (Wildman–Crippen LogP) is 2.65. The molecule has 2 heterocycles. The molecule has 1 unspecified atom stereocenters. The fraction of sp³-hybridized carbons (Fsp3) is 0.222. The third-order valence-electron chi connectivity index (χ3n) is 3.81. The van der Waals surface area contributed by atoms with Gasteiger partial charge in [0.15, 0.2) is 0 Å². The van der Waals surface area contributed by atoms with Crippen LogP contribution < -0.4 is 10.3 Å². The van der Waals surface area contributed by atoms with Crippen LogP contribution in [0.25, 0.3) is 10.6 Å². The molecule has 0 aliphatic heterocycles. The molecule has 3 aromatic rings. The van der Waals surface area contributed by atoms with Gasteiger partial charge in [-0.25, -0.2) is 17.8 Å². The molecular weight excluding hydrogens is 370 g/mol. The van der Waals surface area contributed by atoms with Gasteiger partial charge in [0.2, 0.25) is 10.0 Å². The van der Waals surface area contributed by atoms with Gasteiger partial charge in [-0.3, -0.25) is 4.79 Å². The largest absolute Gasteiger partial charge is 0.268 e. The Morgan fingerprint density at radius 2 is 1.88 bits per heavy atom. The Morgan fingerprint density at radius 1 is 1.12 bits per heavy atom. The molecular formula is C18H19N3O3S2. The zero-order chi connectivity index (χ0) is 18.6. The first-order chi connectivity index (χ1) is 12.4. The van der Waals surface area contributed by atoms with Crippen molar-refractivity contribution in [3.63, 3.8) is 0 Å². The maximum atomic E-state index is 12.3. The molecule has 3 rings (SSSR count). The lowest BCUT2D eigenvalue weighted by Gasteiger charge is -2.15. The SMILES string of the molecule is CC(CNS(=O)(=O)Cc1ccccc1)n1nc(-c2cccs2)ccc1=O. The maximum absolute atomic E-state index is 12.3. The average molecular weight is 390 g/mol. The highest BCUT2D eigenvalue weighted by Crippen LogP contribution is 2.21. The van der Waals surface area contributed by atoms with Crippen LogP contribution in [0, 0.1) is 0 Å². The summed E-state index contributed by atoms with van der Waals surface area (Å²) in [7, 11) is -3.49. The molecule has 1 aromatic carbocycles. The van der Waals surface area contributed by atoms with Gasteiger partial charge in [0.1, 0.15) is 5.69 Å². The molecule has 1 atom stereocenters. The van der Waals surface area contributed by atoms with E-state index in [0.717, 1.165) is 4.88 Å². The zero-order valence-electron chi connectivity index (χ0n) is 14.2. The van der Waals surface area contributed by atoms with E-state index in [1.54, 1.807) is 37.3 Å². The first kappa shape index (κ1) is 18.5.